The number of hydrogen-bond acceptors (Lipinski definition) is 2. The van der Waals surface area contributed by atoms with E-state index in [-0.39, 0.29) is 5.91 Å². The van der Waals surface area contributed by atoms with Crippen LogP contribution in [-0.2, 0) is 9.63 Å². The van der Waals surface area contributed by atoms with Gasteiger partial charge >= 0.3 is 0 Å². The Balaban J connectivity index is 2.25. The second kappa shape index (κ2) is 1.93. The Morgan fingerprint density at radius 1 is 1.71 bits per heavy atom. The first-order valence-electron chi connectivity index (χ1n) is 2.25. The summed E-state index contributed by atoms with van der Waals surface area (Å²) in [6.45, 7) is 0.603. The number of amides is 1. The van der Waals surface area contributed by atoms with Gasteiger partial charge < -0.3 is 0 Å². The second-order valence-electron chi connectivity index (χ2n) is 1.42. The quantitative estimate of drug-likeness (QED) is 0.424. The van der Waals surface area contributed by atoms with Crippen LogP contribution in [-0.4, -0.2) is 12.5 Å². The van der Waals surface area contributed by atoms with Crippen molar-refractivity contribution in [1.29, 1.82) is 0 Å². The molecule has 0 unspecified atom stereocenters. The van der Waals surface area contributed by atoms with E-state index in [4.69, 9.17) is 0 Å². The lowest BCUT2D eigenvalue weighted by Gasteiger charge is -2.05. The fraction of sp³-hybridized carbons (Fsp3) is 0.750. The smallest absolute Gasteiger partial charge is 0.269 e. The summed E-state index contributed by atoms with van der Waals surface area (Å²) in [5.41, 5.74) is 3.19. The van der Waals surface area contributed by atoms with Gasteiger partial charge in [0.05, 0.1) is 6.61 Å². The molecule has 3 nitrogen and oxygen atoms in total. The third-order valence-corrected chi connectivity index (χ3v) is 0.793. The van der Waals surface area contributed by atoms with E-state index >= 15 is 0 Å². The summed E-state index contributed by atoms with van der Waals surface area (Å²) >= 11 is 0. The topological polar surface area (TPSA) is 40.4 Å². The third-order valence-electron chi connectivity index (χ3n) is 0.793. The third kappa shape index (κ3) is 1.16. The molecule has 1 amide bonds. The van der Waals surface area contributed by atoms with Crippen molar-refractivity contribution >= 4 is 5.91 Å². The summed E-state index contributed by atoms with van der Waals surface area (Å²) in [7, 11) is 0. The largest absolute Gasteiger partial charge is 0.270 e. The fourth-order valence-corrected chi connectivity index (χ4v) is 0.451. The molecule has 1 heterocycles. The Morgan fingerprint density at radius 2 is 2.57 bits per heavy atom. The molecule has 1 radical (unpaired) electrons. The minimum absolute atomic E-state index is 0.133. The highest BCUT2D eigenvalue weighted by molar-refractivity contribution is 5.74. The van der Waals surface area contributed by atoms with Crippen LogP contribution < -0.4 is 5.48 Å². The van der Waals surface area contributed by atoms with Gasteiger partial charge in [-0.1, -0.05) is 5.48 Å². The number of rotatable bonds is 0. The molecule has 1 fully saturated rings. The van der Waals surface area contributed by atoms with Gasteiger partial charge in [0.25, 0.3) is 5.91 Å². The van der Waals surface area contributed by atoms with Crippen molar-refractivity contribution < 1.29 is 9.63 Å². The number of hydrogen-bond donors (Lipinski definition) is 0. The zero-order valence-electron chi connectivity index (χ0n) is 3.89. The van der Waals surface area contributed by atoms with Gasteiger partial charge in [0, 0.05) is 6.42 Å². The Morgan fingerprint density at radius 3 is 2.86 bits per heavy atom. The zero-order valence-corrected chi connectivity index (χ0v) is 3.89. The summed E-state index contributed by atoms with van der Waals surface area (Å²) < 4.78 is 0. The predicted octanol–water partition coefficient (Wildman–Crippen LogP) is -0.157. The summed E-state index contributed by atoms with van der Waals surface area (Å²) in [5.74, 6) is -0.133. The van der Waals surface area contributed by atoms with Gasteiger partial charge in [-0.05, 0) is 6.42 Å². The number of carbonyl (C=O) groups is 1. The molecule has 0 N–H and O–H groups in total. The SMILES string of the molecule is O=C1CCCO[N]1. The molecule has 39 valence electrons. The minimum Gasteiger partial charge on any atom is -0.270 e. The standard InChI is InChI=1S/C4H6NO2/c6-4-2-1-3-7-5-4/h1-3H2. The van der Waals surface area contributed by atoms with Gasteiger partial charge in [0.1, 0.15) is 0 Å². The van der Waals surface area contributed by atoms with Crippen LogP contribution in [0.15, 0.2) is 0 Å². The van der Waals surface area contributed by atoms with Gasteiger partial charge in [-0.2, -0.15) is 0 Å². The monoisotopic (exact) mass is 100 g/mol. The summed E-state index contributed by atoms with van der Waals surface area (Å²) in [6.07, 6.45) is 1.38. The maximum atomic E-state index is 10.2. The molecule has 0 aromatic heterocycles. The number of carbonyl (C=O) groups excluding carboxylic acids is 1. The van der Waals surface area contributed by atoms with Crippen molar-refractivity contribution in [2.45, 2.75) is 12.8 Å². The van der Waals surface area contributed by atoms with Crippen molar-refractivity contribution in [3.8, 4) is 0 Å². The molecule has 0 bridgehead atoms. The van der Waals surface area contributed by atoms with Gasteiger partial charge in [0.2, 0.25) is 0 Å². The first kappa shape index (κ1) is 4.59. The summed E-state index contributed by atoms with van der Waals surface area (Å²) in [5, 5.41) is 0. The van der Waals surface area contributed by atoms with Crippen molar-refractivity contribution in [3.63, 3.8) is 0 Å². The number of nitrogens with zero attached hydrogens (tertiary/aromatic N) is 1. The van der Waals surface area contributed by atoms with Crippen LogP contribution >= 0.6 is 0 Å². The van der Waals surface area contributed by atoms with E-state index in [1.54, 1.807) is 0 Å². The maximum Gasteiger partial charge on any atom is 0.269 e. The van der Waals surface area contributed by atoms with Crippen molar-refractivity contribution in [2.24, 2.45) is 0 Å². The number of hydroxylamine groups is 1. The van der Waals surface area contributed by atoms with Crippen LogP contribution in [0.25, 0.3) is 0 Å². The highest BCUT2D eigenvalue weighted by atomic mass is 16.7. The molecule has 3 heteroatoms. The lowest BCUT2D eigenvalue weighted by molar-refractivity contribution is -0.140. The van der Waals surface area contributed by atoms with E-state index in [1.807, 2.05) is 0 Å². The van der Waals surface area contributed by atoms with Crippen molar-refractivity contribution in [2.75, 3.05) is 6.61 Å². The average Bonchev–Trinajstić information content (AvgIpc) is 1.69. The highest BCUT2D eigenvalue weighted by Crippen LogP contribution is 1.95. The molecule has 7 heavy (non-hydrogen) atoms. The average molecular weight is 100 g/mol. The first-order valence-corrected chi connectivity index (χ1v) is 2.25. The van der Waals surface area contributed by atoms with Crippen LogP contribution in [0.5, 0.6) is 0 Å². The second-order valence-corrected chi connectivity index (χ2v) is 1.42. The van der Waals surface area contributed by atoms with E-state index in [1.165, 1.54) is 0 Å². The fourth-order valence-electron chi connectivity index (χ4n) is 0.451. The first-order chi connectivity index (χ1) is 3.39. The minimum atomic E-state index is -0.133. The van der Waals surface area contributed by atoms with Gasteiger partial charge in [-0.15, -0.1) is 0 Å². The van der Waals surface area contributed by atoms with E-state index in [0.717, 1.165) is 6.42 Å². The maximum absolute atomic E-state index is 10.2. The Bertz CT molecular complexity index is 73.8. The van der Waals surface area contributed by atoms with E-state index in [2.05, 4.69) is 10.3 Å². The van der Waals surface area contributed by atoms with Crippen LogP contribution in [0.4, 0.5) is 0 Å². The molecular weight excluding hydrogens is 94.0 g/mol. The molecule has 0 saturated carbocycles. The van der Waals surface area contributed by atoms with Crippen molar-refractivity contribution in [3.05, 3.63) is 0 Å². The van der Waals surface area contributed by atoms with E-state index in [0.29, 0.717) is 13.0 Å². The van der Waals surface area contributed by atoms with Crippen LogP contribution in [0.2, 0.25) is 0 Å². The molecule has 1 aliphatic rings. The molecule has 0 spiro atoms. The van der Waals surface area contributed by atoms with Crippen LogP contribution in [0.3, 0.4) is 0 Å². The van der Waals surface area contributed by atoms with Gasteiger partial charge in [-0.25, -0.2) is 4.84 Å². The Kier molecular flexibility index (Phi) is 1.26. The van der Waals surface area contributed by atoms with Crippen LogP contribution in [0.1, 0.15) is 12.8 Å². The zero-order chi connectivity index (χ0) is 5.11. The van der Waals surface area contributed by atoms with Gasteiger partial charge in [-0.3, -0.25) is 4.79 Å². The molecule has 0 aromatic carbocycles. The Labute approximate surface area is 41.6 Å². The highest BCUT2D eigenvalue weighted by Gasteiger charge is 2.07. The molecular formula is C4H6NO2. The van der Waals surface area contributed by atoms with Crippen molar-refractivity contribution in [1.82, 2.24) is 5.48 Å². The van der Waals surface area contributed by atoms with Gasteiger partial charge in [0.15, 0.2) is 0 Å². The molecule has 0 atom stereocenters. The lowest BCUT2D eigenvalue weighted by Crippen LogP contribution is -2.22. The molecule has 1 aliphatic heterocycles. The van der Waals surface area contributed by atoms with E-state index in [9.17, 15) is 4.79 Å². The molecule has 1 rings (SSSR count). The van der Waals surface area contributed by atoms with E-state index < -0.39 is 0 Å². The lowest BCUT2D eigenvalue weighted by atomic mass is 10.3. The molecule has 0 aromatic rings. The summed E-state index contributed by atoms with van der Waals surface area (Å²) in [6, 6.07) is 0. The molecule has 0 aliphatic carbocycles. The molecule has 1 saturated heterocycles. The normalized spacial score (nSPS) is 21.4. The van der Waals surface area contributed by atoms with Crippen LogP contribution in [0, 0.1) is 0 Å². The summed E-state index contributed by atoms with van der Waals surface area (Å²) in [4.78, 5) is 14.6. The Hall–Kier alpha value is -0.570. The predicted molar refractivity (Wildman–Crippen MR) is 22.3 cm³/mol.